The Balaban J connectivity index is 2.09. The molecule has 1 N–H and O–H groups in total. The minimum atomic E-state index is 0.0584. The molecule has 1 fully saturated rings. The van der Waals surface area contributed by atoms with Gasteiger partial charge in [0.2, 0.25) is 0 Å². The molecular weight excluding hydrogens is 190 g/mol. The van der Waals surface area contributed by atoms with E-state index in [0.29, 0.717) is 5.56 Å². The summed E-state index contributed by atoms with van der Waals surface area (Å²) in [4.78, 5) is 13.8. The number of carbonyl (C=O) groups is 1. The zero-order chi connectivity index (χ0) is 10.7. The van der Waals surface area contributed by atoms with E-state index in [1.807, 2.05) is 4.90 Å². The second-order valence-electron chi connectivity index (χ2n) is 3.71. The summed E-state index contributed by atoms with van der Waals surface area (Å²) >= 11 is 0. The van der Waals surface area contributed by atoms with Crippen LogP contribution in [-0.4, -0.2) is 29.0 Å². The fourth-order valence-electron chi connectivity index (χ4n) is 1.74. The van der Waals surface area contributed by atoms with Gasteiger partial charge in [-0.15, -0.1) is 0 Å². The standard InChI is InChI=1S/C12H14NO2/c14-11-6-4-10(5-7-11)12(15)13-8-2-1-3-9-13/h1,4-7,14H,2-3,8-9H2. The molecular formula is C12H14NO2. The number of aromatic hydroxyl groups is 1. The largest absolute Gasteiger partial charge is 0.508 e. The lowest BCUT2D eigenvalue weighted by Gasteiger charge is -2.26. The molecule has 1 radical (unpaired) electrons. The van der Waals surface area contributed by atoms with Gasteiger partial charge in [-0.2, -0.15) is 0 Å². The van der Waals surface area contributed by atoms with Crippen molar-refractivity contribution in [1.29, 1.82) is 0 Å². The molecule has 15 heavy (non-hydrogen) atoms. The lowest BCUT2D eigenvalue weighted by Crippen LogP contribution is -2.35. The van der Waals surface area contributed by atoms with Crippen LogP contribution >= 0.6 is 0 Å². The molecule has 2 rings (SSSR count). The number of benzene rings is 1. The Morgan fingerprint density at radius 1 is 1.13 bits per heavy atom. The van der Waals surface area contributed by atoms with Gasteiger partial charge in [0.15, 0.2) is 0 Å². The number of carbonyl (C=O) groups excluding carboxylic acids is 1. The summed E-state index contributed by atoms with van der Waals surface area (Å²) in [5.41, 5.74) is 0.648. The Kier molecular flexibility index (Phi) is 2.90. The number of amides is 1. The first-order chi connectivity index (χ1) is 7.27. The van der Waals surface area contributed by atoms with Crippen molar-refractivity contribution in [2.45, 2.75) is 12.8 Å². The van der Waals surface area contributed by atoms with Gasteiger partial charge in [-0.05, 0) is 43.5 Å². The van der Waals surface area contributed by atoms with Gasteiger partial charge in [0.1, 0.15) is 5.75 Å². The zero-order valence-corrected chi connectivity index (χ0v) is 8.52. The van der Waals surface area contributed by atoms with Gasteiger partial charge in [0.05, 0.1) is 0 Å². The number of phenols is 1. The van der Waals surface area contributed by atoms with Gasteiger partial charge in [-0.1, -0.05) is 0 Å². The van der Waals surface area contributed by atoms with Crippen molar-refractivity contribution in [1.82, 2.24) is 4.90 Å². The summed E-state index contributed by atoms with van der Waals surface area (Å²) in [5, 5.41) is 9.12. The highest BCUT2D eigenvalue weighted by molar-refractivity contribution is 5.94. The fraction of sp³-hybridized carbons (Fsp3) is 0.333. The fourth-order valence-corrected chi connectivity index (χ4v) is 1.74. The maximum Gasteiger partial charge on any atom is 0.253 e. The predicted octanol–water partition coefficient (Wildman–Crippen LogP) is 1.83. The lowest BCUT2D eigenvalue weighted by atomic mass is 10.1. The molecule has 3 nitrogen and oxygen atoms in total. The third kappa shape index (κ3) is 2.29. The van der Waals surface area contributed by atoms with Crippen molar-refractivity contribution in [3.05, 3.63) is 36.2 Å². The Labute approximate surface area is 89.3 Å². The summed E-state index contributed by atoms with van der Waals surface area (Å²) < 4.78 is 0. The molecule has 1 heterocycles. The van der Waals surface area contributed by atoms with Gasteiger partial charge in [0, 0.05) is 18.7 Å². The molecule has 79 valence electrons. The van der Waals surface area contributed by atoms with Crippen LogP contribution in [0.15, 0.2) is 24.3 Å². The average molecular weight is 204 g/mol. The Morgan fingerprint density at radius 3 is 2.33 bits per heavy atom. The van der Waals surface area contributed by atoms with Crippen LogP contribution in [0.2, 0.25) is 0 Å². The number of hydrogen-bond donors (Lipinski definition) is 1. The average Bonchev–Trinajstić information content (AvgIpc) is 2.30. The molecule has 0 atom stereocenters. The van der Waals surface area contributed by atoms with Gasteiger partial charge in [-0.25, -0.2) is 0 Å². The summed E-state index contributed by atoms with van der Waals surface area (Å²) in [6.45, 7) is 1.61. The number of piperidine rings is 1. The third-order valence-electron chi connectivity index (χ3n) is 2.61. The van der Waals surface area contributed by atoms with Gasteiger partial charge in [-0.3, -0.25) is 4.79 Å². The van der Waals surface area contributed by atoms with Crippen LogP contribution in [0, 0.1) is 6.42 Å². The number of hydrogen-bond acceptors (Lipinski definition) is 2. The predicted molar refractivity (Wildman–Crippen MR) is 57.5 cm³/mol. The molecule has 0 unspecified atom stereocenters. The third-order valence-corrected chi connectivity index (χ3v) is 2.61. The highest BCUT2D eigenvalue weighted by atomic mass is 16.3. The second-order valence-corrected chi connectivity index (χ2v) is 3.71. The number of nitrogens with zero attached hydrogens (tertiary/aromatic N) is 1. The molecule has 0 saturated carbocycles. The maximum atomic E-state index is 11.9. The summed E-state index contributed by atoms with van der Waals surface area (Å²) in [5.74, 6) is 0.252. The van der Waals surface area contributed by atoms with Crippen molar-refractivity contribution in [3.63, 3.8) is 0 Å². The molecule has 3 heteroatoms. The quantitative estimate of drug-likeness (QED) is 0.758. The van der Waals surface area contributed by atoms with Crippen LogP contribution in [0.5, 0.6) is 5.75 Å². The second kappa shape index (κ2) is 4.34. The van der Waals surface area contributed by atoms with E-state index in [0.717, 1.165) is 25.9 Å². The van der Waals surface area contributed by atoms with Gasteiger partial charge >= 0.3 is 0 Å². The Hall–Kier alpha value is -1.51. The first-order valence-corrected chi connectivity index (χ1v) is 5.17. The number of rotatable bonds is 1. The Morgan fingerprint density at radius 2 is 1.73 bits per heavy atom. The van der Waals surface area contributed by atoms with Gasteiger partial charge < -0.3 is 10.0 Å². The zero-order valence-electron chi connectivity index (χ0n) is 8.52. The highest BCUT2D eigenvalue weighted by Crippen LogP contribution is 2.15. The van der Waals surface area contributed by atoms with Crippen LogP contribution in [0.4, 0.5) is 0 Å². The number of likely N-dealkylation sites (tertiary alicyclic amines) is 1. The minimum absolute atomic E-state index is 0.0584. The van der Waals surface area contributed by atoms with Crippen molar-refractivity contribution in [3.8, 4) is 5.75 Å². The van der Waals surface area contributed by atoms with E-state index in [1.165, 1.54) is 0 Å². The van der Waals surface area contributed by atoms with Crippen molar-refractivity contribution in [2.75, 3.05) is 13.1 Å². The minimum Gasteiger partial charge on any atom is -0.508 e. The normalized spacial score (nSPS) is 16.4. The van der Waals surface area contributed by atoms with Crippen LogP contribution < -0.4 is 0 Å². The molecule has 1 aromatic rings. The van der Waals surface area contributed by atoms with E-state index >= 15 is 0 Å². The molecule has 1 aliphatic heterocycles. The van der Waals surface area contributed by atoms with Crippen LogP contribution in [0.25, 0.3) is 0 Å². The van der Waals surface area contributed by atoms with E-state index in [9.17, 15) is 4.79 Å². The van der Waals surface area contributed by atoms with Crippen molar-refractivity contribution >= 4 is 5.91 Å². The van der Waals surface area contributed by atoms with E-state index in [-0.39, 0.29) is 11.7 Å². The first-order valence-electron chi connectivity index (χ1n) is 5.17. The summed E-state index contributed by atoms with van der Waals surface area (Å²) in [7, 11) is 0. The molecule has 0 spiro atoms. The van der Waals surface area contributed by atoms with E-state index < -0.39 is 0 Å². The summed E-state index contributed by atoms with van der Waals surface area (Å²) in [6, 6.07) is 6.42. The Bertz CT molecular complexity index is 339. The van der Waals surface area contributed by atoms with Crippen molar-refractivity contribution < 1.29 is 9.90 Å². The molecule has 1 saturated heterocycles. The van der Waals surface area contributed by atoms with Crippen molar-refractivity contribution in [2.24, 2.45) is 0 Å². The van der Waals surface area contributed by atoms with E-state index in [2.05, 4.69) is 6.42 Å². The van der Waals surface area contributed by atoms with Crippen LogP contribution in [0.3, 0.4) is 0 Å². The highest BCUT2D eigenvalue weighted by Gasteiger charge is 2.17. The van der Waals surface area contributed by atoms with E-state index in [4.69, 9.17) is 5.11 Å². The molecule has 1 aliphatic rings. The first kappa shape index (κ1) is 10.0. The van der Waals surface area contributed by atoms with Gasteiger partial charge in [0.25, 0.3) is 5.91 Å². The monoisotopic (exact) mass is 204 g/mol. The lowest BCUT2D eigenvalue weighted by molar-refractivity contribution is 0.0742. The van der Waals surface area contributed by atoms with E-state index in [1.54, 1.807) is 24.3 Å². The molecule has 0 aliphatic carbocycles. The molecule has 0 bridgehead atoms. The topological polar surface area (TPSA) is 40.5 Å². The number of phenolic OH excluding ortho intramolecular Hbond substituents is 1. The summed E-state index contributed by atoms with van der Waals surface area (Å²) in [6.07, 6.45) is 4.16. The van der Waals surface area contributed by atoms with Crippen LogP contribution in [0.1, 0.15) is 23.2 Å². The maximum absolute atomic E-state index is 11.9. The smallest absolute Gasteiger partial charge is 0.253 e. The molecule has 1 amide bonds. The molecule has 1 aromatic carbocycles. The van der Waals surface area contributed by atoms with Crippen LogP contribution in [-0.2, 0) is 0 Å². The SMILES string of the molecule is O=C(c1ccc(O)cc1)N1CC[CH]CC1. The molecule has 0 aromatic heterocycles.